The van der Waals surface area contributed by atoms with Crippen molar-refractivity contribution in [3.05, 3.63) is 0 Å². The lowest BCUT2D eigenvalue weighted by molar-refractivity contribution is -0.144. The van der Waals surface area contributed by atoms with Crippen LogP contribution in [0.2, 0.25) is 0 Å². The highest BCUT2D eigenvalue weighted by molar-refractivity contribution is 5.81. The van der Waals surface area contributed by atoms with Crippen molar-refractivity contribution in [3.63, 3.8) is 0 Å². The van der Waals surface area contributed by atoms with Gasteiger partial charge in [-0.3, -0.25) is 14.4 Å². The highest BCUT2D eigenvalue weighted by Crippen LogP contribution is 2.61. The van der Waals surface area contributed by atoms with E-state index >= 15 is 0 Å². The third-order valence-corrected chi connectivity index (χ3v) is 6.33. The van der Waals surface area contributed by atoms with Crippen LogP contribution in [0.25, 0.3) is 0 Å². The zero-order chi connectivity index (χ0) is 18.6. The molecule has 2 amide bonds. The van der Waals surface area contributed by atoms with Crippen LogP contribution in [0.1, 0.15) is 64.7 Å². The molecule has 0 aliphatic heterocycles. The summed E-state index contributed by atoms with van der Waals surface area (Å²) in [5.74, 6) is 2.14. The van der Waals surface area contributed by atoms with Gasteiger partial charge in [0.2, 0.25) is 11.8 Å². The zero-order valence-electron chi connectivity index (χ0n) is 15.9. The number of hydrogen-bond donors (Lipinski definition) is 2. The molecule has 146 valence electrons. The molecule has 26 heavy (non-hydrogen) atoms. The average molecular weight is 364 g/mol. The standard InChI is InChI=1S/C20H32N2O4/c1-2-26-19(25)4-3-17(23)21-5-6-22-18(24)13-20-10-14-7-15(11-20)9-16(8-14)12-20/h14-16H,2-13H2,1H3,(H,21,23)(H,22,24). The van der Waals surface area contributed by atoms with E-state index in [0.29, 0.717) is 26.1 Å². The molecule has 2 N–H and O–H groups in total. The number of hydrogen-bond acceptors (Lipinski definition) is 4. The van der Waals surface area contributed by atoms with Crippen LogP contribution >= 0.6 is 0 Å². The minimum absolute atomic E-state index is 0.0953. The molecule has 0 heterocycles. The summed E-state index contributed by atoms with van der Waals surface area (Å²) >= 11 is 0. The largest absolute Gasteiger partial charge is 0.466 e. The maximum atomic E-state index is 12.4. The van der Waals surface area contributed by atoms with Crippen molar-refractivity contribution < 1.29 is 19.1 Å². The summed E-state index contributed by atoms with van der Waals surface area (Å²) in [6, 6.07) is 0. The topological polar surface area (TPSA) is 84.5 Å². The van der Waals surface area contributed by atoms with Crippen LogP contribution in [-0.4, -0.2) is 37.5 Å². The van der Waals surface area contributed by atoms with Crippen LogP contribution in [0.15, 0.2) is 0 Å². The van der Waals surface area contributed by atoms with Gasteiger partial charge in [0.15, 0.2) is 0 Å². The Hall–Kier alpha value is -1.59. The molecule has 0 atom stereocenters. The predicted octanol–water partition coefficient (Wildman–Crippen LogP) is 2.17. The second kappa shape index (κ2) is 8.40. The van der Waals surface area contributed by atoms with Gasteiger partial charge in [-0.25, -0.2) is 0 Å². The molecule has 4 rings (SSSR count). The molecule has 0 saturated heterocycles. The Bertz CT molecular complexity index is 511. The zero-order valence-corrected chi connectivity index (χ0v) is 15.9. The van der Waals surface area contributed by atoms with Gasteiger partial charge in [-0.2, -0.15) is 0 Å². The van der Waals surface area contributed by atoms with Gasteiger partial charge in [-0.1, -0.05) is 0 Å². The van der Waals surface area contributed by atoms with Crippen molar-refractivity contribution in [1.29, 1.82) is 0 Å². The van der Waals surface area contributed by atoms with Crippen LogP contribution < -0.4 is 10.6 Å². The highest BCUT2D eigenvalue weighted by atomic mass is 16.5. The number of carbonyl (C=O) groups excluding carboxylic acids is 3. The van der Waals surface area contributed by atoms with Gasteiger partial charge in [0.1, 0.15) is 0 Å². The molecule has 4 aliphatic rings. The lowest BCUT2D eigenvalue weighted by Gasteiger charge is -2.56. The van der Waals surface area contributed by atoms with E-state index in [4.69, 9.17) is 4.74 Å². The van der Waals surface area contributed by atoms with Gasteiger partial charge in [-0.05, 0) is 68.6 Å². The Balaban J connectivity index is 1.30. The van der Waals surface area contributed by atoms with E-state index in [2.05, 4.69) is 10.6 Å². The van der Waals surface area contributed by atoms with E-state index in [-0.39, 0.29) is 36.0 Å². The fraction of sp³-hybridized carbons (Fsp3) is 0.850. The number of esters is 1. The minimum atomic E-state index is -0.355. The van der Waals surface area contributed by atoms with Crippen LogP contribution in [0.4, 0.5) is 0 Å². The first-order valence-electron chi connectivity index (χ1n) is 10.2. The van der Waals surface area contributed by atoms with E-state index < -0.39 is 0 Å². The lowest BCUT2D eigenvalue weighted by Crippen LogP contribution is -2.48. The van der Waals surface area contributed by atoms with Gasteiger partial charge < -0.3 is 15.4 Å². The van der Waals surface area contributed by atoms with Crippen molar-refractivity contribution in [1.82, 2.24) is 10.6 Å². The molecule has 0 unspecified atom stereocenters. The second-order valence-electron chi connectivity index (χ2n) is 8.60. The summed E-state index contributed by atoms with van der Waals surface area (Å²) in [6.45, 7) is 2.91. The van der Waals surface area contributed by atoms with Crippen molar-refractivity contribution in [2.24, 2.45) is 23.2 Å². The molecule has 0 aromatic carbocycles. The van der Waals surface area contributed by atoms with Crippen LogP contribution in [0.5, 0.6) is 0 Å². The molecule has 4 aliphatic carbocycles. The number of ether oxygens (including phenoxy) is 1. The molecule has 4 bridgehead atoms. The summed E-state index contributed by atoms with van der Waals surface area (Å²) in [7, 11) is 0. The number of carbonyl (C=O) groups is 3. The first-order chi connectivity index (χ1) is 12.5. The van der Waals surface area contributed by atoms with E-state index in [1.165, 1.54) is 38.5 Å². The monoisotopic (exact) mass is 364 g/mol. The summed E-state index contributed by atoms with van der Waals surface area (Å²) in [6.07, 6.45) is 8.73. The third-order valence-electron chi connectivity index (χ3n) is 6.33. The smallest absolute Gasteiger partial charge is 0.306 e. The van der Waals surface area contributed by atoms with Crippen molar-refractivity contribution in [3.8, 4) is 0 Å². The normalized spacial score (nSPS) is 31.5. The Morgan fingerprint density at radius 3 is 1.96 bits per heavy atom. The fourth-order valence-corrected chi connectivity index (χ4v) is 5.85. The van der Waals surface area contributed by atoms with E-state index in [0.717, 1.165) is 17.8 Å². The molecule has 4 fully saturated rings. The number of rotatable bonds is 9. The minimum Gasteiger partial charge on any atom is -0.466 e. The first kappa shape index (κ1) is 19.2. The van der Waals surface area contributed by atoms with Crippen molar-refractivity contribution in [2.45, 2.75) is 64.7 Å². The molecule has 0 spiro atoms. The Morgan fingerprint density at radius 2 is 1.42 bits per heavy atom. The molecular weight excluding hydrogens is 332 g/mol. The Morgan fingerprint density at radius 1 is 0.885 bits per heavy atom. The number of amides is 2. The second-order valence-corrected chi connectivity index (χ2v) is 8.60. The molecule has 0 aromatic rings. The lowest BCUT2D eigenvalue weighted by atomic mass is 9.49. The quantitative estimate of drug-likeness (QED) is 0.485. The molecular formula is C20H32N2O4. The van der Waals surface area contributed by atoms with Gasteiger partial charge in [0.25, 0.3) is 0 Å². The van der Waals surface area contributed by atoms with E-state index in [9.17, 15) is 14.4 Å². The average Bonchev–Trinajstić information content (AvgIpc) is 2.55. The molecule has 0 radical (unpaired) electrons. The fourth-order valence-electron chi connectivity index (χ4n) is 5.85. The van der Waals surface area contributed by atoms with Crippen molar-refractivity contribution >= 4 is 17.8 Å². The predicted molar refractivity (Wildman–Crippen MR) is 97.1 cm³/mol. The Labute approximate surface area is 155 Å². The van der Waals surface area contributed by atoms with Crippen molar-refractivity contribution in [2.75, 3.05) is 19.7 Å². The maximum Gasteiger partial charge on any atom is 0.306 e. The highest BCUT2D eigenvalue weighted by Gasteiger charge is 2.51. The van der Waals surface area contributed by atoms with E-state index in [1.54, 1.807) is 6.92 Å². The summed E-state index contributed by atoms with van der Waals surface area (Å²) in [5.41, 5.74) is 0.252. The van der Waals surface area contributed by atoms with Gasteiger partial charge in [0, 0.05) is 25.9 Å². The summed E-state index contributed by atoms with van der Waals surface area (Å²) < 4.78 is 4.79. The third kappa shape index (κ3) is 4.98. The SMILES string of the molecule is CCOC(=O)CCC(=O)NCCNC(=O)CC12CC3CC(CC(C3)C1)C2. The molecule has 0 aromatic heterocycles. The van der Waals surface area contributed by atoms with Crippen LogP contribution in [0, 0.1) is 23.2 Å². The van der Waals surface area contributed by atoms with Gasteiger partial charge in [-0.15, -0.1) is 0 Å². The molecule has 6 heteroatoms. The molecule has 6 nitrogen and oxygen atoms in total. The molecule has 4 saturated carbocycles. The first-order valence-corrected chi connectivity index (χ1v) is 10.2. The summed E-state index contributed by atoms with van der Waals surface area (Å²) in [4.78, 5) is 35.2. The van der Waals surface area contributed by atoms with Gasteiger partial charge >= 0.3 is 5.97 Å². The van der Waals surface area contributed by atoms with Crippen LogP contribution in [-0.2, 0) is 19.1 Å². The Kier molecular flexibility index (Phi) is 6.20. The maximum absolute atomic E-state index is 12.4. The van der Waals surface area contributed by atoms with E-state index in [1.807, 2.05) is 0 Å². The van der Waals surface area contributed by atoms with Crippen LogP contribution in [0.3, 0.4) is 0 Å². The summed E-state index contributed by atoms with van der Waals surface area (Å²) in [5, 5.41) is 5.69. The van der Waals surface area contributed by atoms with Gasteiger partial charge in [0.05, 0.1) is 13.0 Å². The number of nitrogens with one attached hydrogen (secondary N) is 2.